The molecule has 0 atom stereocenters. The highest BCUT2D eigenvalue weighted by molar-refractivity contribution is 5.25. The van der Waals surface area contributed by atoms with Crippen LogP contribution >= 0.6 is 0 Å². The van der Waals surface area contributed by atoms with Gasteiger partial charge in [0, 0.05) is 16.8 Å². The van der Waals surface area contributed by atoms with E-state index >= 15 is 0 Å². The quantitative estimate of drug-likeness (QED) is 0.884. The van der Waals surface area contributed by atoms with Gasteiger partial charge in [-0.15, -0.1) is 0 Å². The van der Waals surface area contributed by atoms with Crippen molar-refractivity contribution in [1.29, 1.82) is 0 Å². The van der Waals surface area contributed by atoms with Crippen molar-refractivity contribution >= 4 is 0 Å². The highest BCUT2D eigenvalue weighted by Gasteiger charge is 2.11. The van der Waals surface area contributed by atoms with Crippen LogP contribution in [0.3, 0.4) is 0 Å². The Bertz CT molecular complexity index is 534. The third-order valence-corrected chi connectivity index (χ3v) is 2.97. The zero-order valence-corrected chi connectivity index (χ0v) is 9.94. The van der Waals surface area contributed by atoms with Crippen molar-refractivity contribution in [1.82, 2.24) is 9.78 Å². The van der Waals surface area contributed by atoms with E-state index in [2.05, 4.69) is 5.10 Å². The van der Waals surface area contributed by atoms with Crippen molar-refractivity contribution < 1.29 is 9.50 Å². The fourth-order valence-electron chi connectivity index (χ4n) is 1.90. The summed E-state index contributed by atoms with van der Waals surface area (Å²) in [5.74, 6) is -0.231. The molecule has 1 heterocycles. The van der Waals surface area contributed by atoms with Gasteiger partial charge in [-0.05, 0) is 19.9 Å². The molecule has 1 N–H and O–H groups in total. The van der Waals surface area contributed by atoms with E-state index < -0.39 is 0 Å². The second kappa shape index (κ2) is 4.67. The summed E-state index contributed by atoms with van der Waals surface area (Å²) in [5.41, 5.74) is 3.10. The maximum Gasteiger partial charge on any atom is 0.128 e. The predicted octanol–water partition coefficient (Wildman–Crippen LogP) is 2.18. The van der Waals surface area contributed by atoms with Gasteiger partial charge < -0.3 is 5.11 Å². The Balaban J connectivity index is 2.34. The second-order valence-corrected chi connectivity index (χ2v) is 4.06. The van der Waals surface area contributed by atoms with Gasteiger partial charge in [0.05, 0.1) is 18.8 Å². The average molecular weight is 234 g/mol. The molecule has 0 bridgehead atoms. The van der Waals surface area contributed by atoms with Crippen LogP contribution in [0.5, 0.6) is 0 Å². The van der Waals surface area contributed by atoms with Crippen molar-refractivity contribution in [3.63, 3.8) is 0 Å². The third-order valence-electron chi connectivity index (χ3n) is 2.97. The van der Waals surface area contributed by atoms with Crippen molar-refractivity contribution in [2.75, 3.05) is 0 Å². The topological polar surface area (TPSA) is 38.0 Å². The monoisotopic (exact) mass is 234 g/mol. The fraction of sp³-hybridized carbons (Fsp3) is 0.308. The minimum absolute atomic E-state index is 0.0328. The number of hydrogen-bond acceptors (Lipinski definition) is 2. The molecule has 0 aliphatic rings. The average Bonchev–Trinajstić information content (AvgIpc) is 2.57. The number of rotatable bonds is 3. The van der Waals surface area contributed by atoms with Crippen molar-refractivity contribution in [2.24, 2.45) is 0 Å². The molecule has 0 aliphatic heterocycles. The van der Waals surface area contributed by atoms with E-state index in [1.807, 2.05) is 13.8 Å². The first kappa shape index (κ1) is 11.8. The molecule has 17 heavy (non-hydrogen) atoms. The van der Waals surface area contributed by atoms with Crippen LogP contribution in [-0.4, -0.2) is 14.9 Å². The first-order chi connectivity index (χ1) is 8.13. The van der Waals surface area contributed by atoms with E-state index in [0.717, 1.165) is 17.0 Å². The molecule has 0 aliphatic carbocycles. The maximum atomic E-state index is 13.5. The highest BCUT2D eigenvalue weighted by atomic mass is 19.1. The zero-order chi connectivity index (χ0) is 12.4. The zero-order valence-electron chi connectivity index (χ0n) is 9.94. The lowest BCUT2D eigenvalue weighted by atomic mass is 10.2. The number of aliphatic hydroxyl groups is 1. The molecular weight excluding hydrogens is 219 g/mol. The maximum absolute atomic E-state index is 13.5. The van der Waals surface area contributed by atoms with Crippen molar-refractivity contribution in [2.45, 2.75) is 27.0 Å². The van der Waals surface area contributed by atoms with E-state index in [0.29, 0.717) is 12.1 Å². The van der Waals surface area contributed by atoms with Crippen LogP contribution in [0.15, 0.2) is 24.3 Å². The number of halogens is 1. The lowest BCUT2D eigenvalue weighted by molar-refractivity contribution is 0.280. The van der Waals surface area contributed by atoms with Gasteiger partial charge in [-0.3, -0.25) is 4.68 Å². The smallest absolute Gasteiger partial charge is 0.128 e. The molecule has 0 saturated carbocycles. The molecule has 90 valence electrons. The summed E-state index contributed by atoms with van der Waals surface area (Å²) in [6.07, 6.45) is 0. The van der Waals surface area contributed by atoms with Gasteiger partial charge in [-0.2, -0.15) is 5.10 Å². The van der Waals surface area contributed by atoms with Crippen molar-refractivity contribution in [3.05, 3.63) is 52.6 Å². The molecule has 0 radical (unpaired) electrons. The van der Waals surface area contributed by atoms with Gasteiger partial charge >= 0.3 is 0 Å². The molecule has 0 amide bonds. The Labute approximate surface area is 99.5 Å². The number of aryl methyl sites for hydroxylation is 1. The molecule has 0 fully saturated rings. The predicted molar refractivity (Wildman–Crippen MR) is 63.1 cm³/mol. The largest absolute Gasteiger partial charge is 0.392 e. The summed E-state index contributed by atoms with van der Waals surface area (Å²) in [4.78, 5) is 0. The fourth-order valence-corrected chi connectivity index (χ4v) is 1.90. The van der Waals surface area contributed by atoms with Crippen LogP contribution in [0.2, 0.25) is 0 Å². The summed E-state index contributed by atoms with van der Waals surface area (Å²) < 4.78 is 15.2. The number of hydrogen-bond donors (Lipinski definition) is 1. The molecule has 2 rings (SSSR count). The number of aromatic nitrogens is 2. The second-order valence-electron chi connectivity index (χ2n) is 4.06. The Hall–Kier alpha value is -1.68. The summed E-state index contributed by atoms with van der Waals surface area (Å²) in [7, 11) is 0. The minimum atomic E-state index is -0.231. The van der Waals surface area contributed by atoms with E-state index in [-0.39, 0.29) is 12.4 Å². The van der Waals surface area contributed by atoms with Gasteiger partial charge in [0.25, 0.3) is 0 Å². The van der Waals surface area contributed by atoms with Gasteiger partial charge in [0.1, 0.15) is 5.82 Å². The van der Waals surface area contributed by atoms with Gasteiger partial charge in [0.2, 0.25) is 0 Å². The van der Waals surface area contributed by atoms with Crippen molar-refractivity contribution in [3.8, 4) is 0 Å². The number of benzene rings is 1. The molecule has 0 unspecified atom stereocenters. The molecule has 3 nitrogen and oxygen atoms in total. The number of nitrogens with zero attached hydrogens (tertiary/aromatic N) is 2. The number of aliphatic hydroxyl groups excluding tert-OH is 1. The Morgan fingerprint density at radius 2 is 2.00 bits per heavy atom. The molecule has 2 aromatic rings. The third kappa shape index (κ3) is 2.22. The first-order valence-corrected chi connectivity index (χ1v) is 5.50. The summed E-state index contributed by atoms with van der Waals surface area (Å²) in [5, 5.41) is 13.5. The normalized spacial score (nSPS) is 10.8. The first-order valence-electron chi connectivity index (χ1n) is 5.50. The van der Waals surface area contributed by atoms with Gasteiger partial charge in [-0.1, -0.05) is 18.2 Å². The van der Waals surface area contributed by atoms with Crippen LogP contribution in [0, 0.1) is 19.7 Å². The van der Waals surface area contributed by atoms with Crippen LogP contribution in [0.25, 0.3) is 0 Å². The van der Waals surface area contributed by atoms with Crippen LogP contribution in [0.4, 0.5) is 4.39 Å². The molecule has 1 aromatic heterocycles. The van der Waals surface area contributed by atoms with Crippen LogP contribution in [-0.2, 0) is 13.2 Å². The van der Waals surface area contributed by atoms with E-state index in [9.17, 15) is 9.50 Å². The standard InChI is InChI=1S/C13H15FN2O/c1-9-12(8-17)10(2)16(15-9)7-11-5-3-4-6-13(11)14/h3-6,17H,7-8H2,1-2H3. The Morgan fingerprint density at radius 3 is 2.59 bits per heavy atom. The summed E-state index contributed by atoms with van der Waals surface area (Å²) in [6.45, 7) is 4.08. The van der Waals surface area contributed by atoms with E-state index in [1.165, 1.54) is 6.07 Å². The summed E-state index contributed by atoms with van der Waals surface area (Å²) >= 11 is 0. The Morgan fingerprint density at radius 1 is 1.29 bits per heavy atom. The molecule has 4 heteroatoms. The molecule has 0 saturated heterocycles. The minimum Gasteiger partial charge on any atom is -0.392 e. The van der Waals surface area contributed by atoms with E-state index in [4.69, 9.17) is 0 Å². The van der Waals surface area contributed by atoms with Gasteiger partial charge in [0.15, 0.2) is 0 Å². The van der Waals surface area contributed by atoms with Crippen LogP contribution < -0.4 is 0 Å². The van der Waals surface area contributed by atoms with E-state index in [1.54, 1.807) is 22.9 Å². The van der Waals surface area contributed by atoms with Crippen LogP contribution in [0.1, 0.15) is 22.5 Å². The Kier molecular flexibility index (Phi) is 3.24. The molecule has 0 spiro atoms. The lowest BCUT2D eigenvalue weighted by Gasteiger charge is -2.06. The molecule has 1 aromatic carbocycles. The van der Waals surface area contributed by atoms with Gasteiger partial charge in [-0.25, -0.2) is 4.39 Å². The highest BCUT2D eigenvalue weighted by Crippen LogP contribution is 2.15. The molecular formula is C13H15FN2O. The SMILES string of the molecule is Cc1nn(Cc2ccccc2F)c(C)c1CO. The lowest BCUT2D eigenvalue weighted by Crippen LogP contribution is -2.06. The summed E-state index contributed by atoms with van der Waals surface area (Å²) in [6, 6.07) is 6.65.